The van der Waals surface area contributed by atoms with Gasteiger partial charge in [-0.25, -0.2) is 0 Å². The molecule has 0 heterocycles. The SMILES string of the molecule is C/C=C(\C)C=C=C(/C(C)=C\C=O)C(C)(C)C. The van der Waals surface area contributed by atoms with Crippen LogP contribution in [-0.4, -0.2) is 6.29 Å². The first-order valence-electron chi connectivity index (χ1n) is 5.55. The number of carbonyl (C=O) groups is 1. The average molecular weight is 218 g/mol. The molecule has 0 saturated heterocycles. The Labute approximate surface area is 99.3 Å². The molecule has 0 aliphatic carbocycles. The molecule has 16 heavy (non-hydrogen) atoms. The molecule has 0 amide bonds. The summed E-state index contributed by atoms with van der Waals surface area (Å²) in [6.45, 7) is 12.3. The zero-order valence-corrected chi connectivity index (χ0v) is 11.2. The van der Waals surface area contributed by atoms with E-state index in [1.165, 1.54) is 5.57 Å². The summed E-state index contributed by atoms with van der Waals surface area (Å²) in [5, 5.41) is 0. The molecule has 88 valence electrons. The fraction of sp³-hybridized carbons (Fsp3) is 0.467. The smallest absolute Gasteiger partial charge is 0.143 e. The van der Waals surface area contributed by atoms with Crippen molar-refractivity contribution in [2.45, 2.75) is 41.5 Å². The van der Waals surface area contributed by atoms with Crippen molar-refractivity contribution in [1.82, 2.24) is 0 Å². The van der Waals surface area contributed by atoms with Gasteiger partial charge in [0, 0.05) is 5.57 Å². The van der Waals surface area contributed by atoms with E-state index in [0.717, 1.165) is 17.4 Å². The predicted octanol–water partition coefficient (Wildman–Crippen LogP) is 4.23. The maximum atomic E-state index is 10.5. The zero-order chi connectivity index (χ0) is 12.8. The van der Waals surface area contributed by atoms with E-state index in [-0.39, 0.29) is 5.41 Å². The minimum absolute atomic E-state index is 0.00584. The highest BCUT2D eigenvalue weighted by Crippen LogP contribution is 2.29. The molecule has 1 heteroatoms. The van der Waals surface area contributed by atoms with Crippen LogP contribution in [0.15, 0.2) is 40.7 Å². The van der Waals surface area contributed by atoms with Crippen molar-refractivity contribution >= 4 is 6.29 Å². The topological polar surface area (TPSA) is 17.1 Å². The van der Waals surface area contributed by atoms with Gasteiger partial charge in [0.25, 0.3) is 0 Å². The lowest BCUT2D eigenvalue weighted by molar-refractivity contribution is -0.104. The fourth-order valence-electron chi connectivity index (χ4n) is 1.38. The first kappa shape index (κ1) is 14.7. The number of carbonyl (C=O) groups excluding carboxylic acids is 1. The summed E-state index contributed by atoms with van der Waals surface area (Å²) in [5.41, 5.74) is 6.50. The van der Waals surface area contributed by atoms with E-state index in [1.807, 2.05) is 32.9 Å². The number of hydrogen-bond donors (Lipinski definition) is 0. The van der Waals surface area contributed by atoms with Crippen LogP contribution in [0.2, 0.25) is 0 Å². The number of allylic oxidation sites excluding steroid dienone is 5. The fourth-order valence-corrected chi connectivity index (χ4v) is 1.38. The van der Waals surface area contributed by atoms with Crippen molar-refractivity contribution in [1.29, 1.82) is 0 Å². The van der Waals surface area contributed by atoms with Gasteiger partial charge in [-0.3, -0.25) is 4.79 Å². The summed E-state index contributed by atoms with van der Waals surface area (Å²) in [6.07, 6.45) is 6.41. The molecular weight excluding hydrogens is 196 g/mol. The van der Waals surface area contributed by atoms with Crippen LogP contribution >= 0.6 is 0 Å². The third kappa shape index (κ3) is 4.95. The molecule has 1 nitrogen and oxygen atoms in total. The Morgan fingerprint density at radius 3 is 2.12 bits per heavy atom. The van der Waals surface area contributed by atoms with Gasteiger partial charge in [-0.2, -0.15) is 0 Å². The Morgan fingerprint density at radius 1 is 1.19 bits per heavy atom. The minimum atomic E-state index is -0.00584. The molecule has 0 radical (unpaired) electrons. The van der Waals surface area contributed by atoms with E-state index in [4.69, 9.17) is 0 Å². The maximum Gasteiger partial charge on any atom is 0.143 e. The van der Waals surface area contributed by atoms with Crippen LogP contribution in [0.25, 0.3) is 0 Å². The van der Waals surface area contributed by atoms with Gasteiger partial charge < -0.3 is 0 Å². The van der Waals surface area contributed by atoms with Crippen molar-refractivity contribution in [3.05, 3.63) is 40.7 Å². The Kier molecular flexibility index (Phi) is 5.77. The molecule has 0 rings (SSSR count). The molecule has 0 atom stereocenters. The van der Waals surface area contributed by atoms with Crippen LogP contribution < -0.4 is 0 Å². The maximum absolute atomic E-state index is 10.5. The molecule has 0 N–H and O–H groups in total. The second-order valence-electron chi connectivity index (χ2n) is 4.93. The number of aldehydes is 1. The van der Waals surface area contributed by atoms with Gasteiger partial charge in [-0.05, 0) is 49.5 Å². The standard InChI is InChI=1S/C15H22O/c1-7-12(2)8-9-14(15(4,5)6)13(3)10-11-16/h7-8,10-11H,1-6H3/b12-7+,13-10-. The molecule has 0 aliphatic rings. The molecule has 0 spiro atoms. The average Bonchev–Trinajstić information content (AvgIpc) is 2.16. The van der Waals surface area contributed by atoms with E-state index in [2.05, 4.69) is 26.5 Å². The molecule has 0 aromatic rings. The van der Waals surface area contributed by atoms with Crippen molar-refractivity contribution in [2.75, 3.05) is 0 Å². The van der Waals surface area contributed by atoms with Crippen molar-refractivity contribution in [2.24, 2.45) is 5.41 Å². The molecule has 0 bridgehead atoms. The molecule has 0 unspecified atom stereocenters. The summed E-state index contributed by atoms with van der Waals surface area (Å²) in [6, 6.07) is 0. The van der Waals surface area contributed by atoms with E-state index >= 15 is 0 Å². The number of rotatable bonds is 3. The summed E-state index contributed by atoms with van der Waals surface area (Å²) < 4.78 is 0. The largest absolute Gasteiger partial charge is 0.299 e. The Bertz CT molecular complexity index is 367. The van der Waals surface area contributed by atoms with Gasteiger partial charge in [0.1, 0.15) is 6.29 Å². The van der Waals surface area contributed by atoms with Crippen molar-refractivity contribution < 1.29 is 4.79 Å². The van der Waals surface area contributed by atoms with E-state index < -0.39 is 0 Å². The lowest BCUT2D eigenvalue weighted by atomic mass is 9.82. The van der Waals surface area contributed by atoms with Crippen molar-refractivity contribution in [3.63, 3.8) is 0 Å². The Balaban J connectivity index is 5.53. The monoisotopic (exact) mass is 218 g/mol. The van der Waals surface area contributed by atoms with Crippen LogP contribution in [0.5, 0.6) is 0 Å². The van der Waals surface area contributed by atoms with Crippen molar-refractivity contribution in [3.8, 4) is 0 Å². The van der Waals surface area contributed by atoms with E-state index in [9.17, 15) is 4.79 Å². The minimum Gasteiger partial charge on any atom is -0.299 e. The third-order valence-corrected chi connectivity index (χ3v) is 2.36. The normalized spacial score (nSPS) is 13.1. The van der Waals surface area contributed by atoms with Crippen LogP contribution in [0.1, 0.15) is 41.5 Å². The molecular formula is C15H22O. The Morgan fingerprint density at radius 2 is 1.75 bits per heavy atom. The van der Waals surface area contributed by atoms with Crippen LogP contribution in [-0.2, 0) is 4.79 Å². The molecule has 0 fully saturated rings. The van der Waals surface area contributed by atoms with Gasteiger partial charge in [-0.15, -0.1) is 5.73 Å². The van der Waals surface area contributed by atoms with Gasteiger partial charge in [0.2, 0.25) is 0 Å². The van der Waals surface area contributed by atoms with Crippen LogP contribution in [0, 0.1) is 5.41 Å². The summed E-state index contributed by atoms with van der Waals surface area (Å²) in [4.78, 5) is 10.5. The van der Waals surface area contributed by atoms with E-state index in [0.29, 0.717) is 0 Å². The molecule has 0 aromatic carbocycles. The summed E-state index contributed by atoms with van der Waals surface area (Å²) in [7, 11) is 0. The van der Waals surface area contributed by atoms with Gasteiger partial charge >= 0.3 is 0 Å². The summed E-state index contributed by atoms with van der Waals surface area (Å²) in [5.74, 6) is 0. The highest BCUT2D eigenvalue weighted by atomic mass is 16.1. The number of hydrogen-bond acceptors (Lipinski definition) is 1. The second kappa shape index (κ2) is 6.30. The molecule has 0 aliphatic heterocycles. The van der Waals surface area contributed by atoms with Gasteiger partial charge in [0.05, 0.1) is 0 Å². The Hall–Kier alpha value is -1.33. The first-order valence-corrected chi connectivity index (χ1v) is 5.55. The lowest BCUT2D eigenvalue weighted by Crippen LogP contribution is -2.09. The van der Waals surface area contributed by atoms with Crippen LogP contribution in [0.3, 0.4) is 0 Å². The third-order valence-electron chi connectivity index (χ3n) is 2.36. The van der Waals surface area contributed by atoms with Gasteiger partial charge in [-0.1, -0.05) is 26.8 Å². The highest BCUT2D eigenvalue weighted by molar-refractivity contribution is 5.68. The summed E-state index contributed by atoms with van der Waals surface area (Å²) >= 11 is 0. The quantitative estimate of drug-likeness (QED) is 0.300. The second-order valence-corrected chi connectivity index (χ2v) is 4.93. The molecule has 0 aromatic heterocycles. The highest BCUT2D eigenvalue weighted by Gasteiger charge is 2.17. The first-order chi connectivity index (χ1) is 7.32. The van der Waals surface area contributed by atoms with E-state index in [1.54, 1.807) is 6.08 Å². The lowest BCUT2D eigenvalue weighted by Gasteiger charge is -2.21. The van der Waals surface area contributed by atoms with Crippen LogP contribution in [0.4, 0.5) is 0 Å². The van der Waals surface area contributed by atoms with Gasteiger partial charge in [0.15, 0.2) is 0 Å². The zero-order valence-electron chi connectivity index (χ0n) is 11.2. The predicted molar refractivity (Wildman–Crippen MR) is 70.3 cm³/mol. The molecule has 0 saturated carbocycles.